The summed E-state index contributed by atoms with van der Waals surface area (Å²) in [5, 5.41) is 2.84. The molecule has 1 N–H and O–H groups in total. The standard InChI is InChI=1S/C16H25NO4/c1-5-16(3,19-4)15(18)17-13-7-9-14(10-8-13)21-12-11-20-6-2/h7-10H,5-6,11-12H2,1-4H3,(H,17,18)/t16-/m0/s1. The van der Waals surface area contributed by atoms with Gasteiger partial charge in [0.25, 0.3) is 5.91 Å². The lowest BCUT2D eigenvalue weighted by Crippen LogP contribution is -2.41. The van der Waals surface area contributed by atoms with Crippen molar-refractivity contribution in [2.24, 2.45) is 0 Å². The first-order valence-corrected chi connectivity index (χ1v) is 7.23. The highest BCUT2D eigenvalue weighted by atomic mass is 16.5. The molecular weight excluding hydrogens is 270 g/mol. The molecule has 21 heavy (non-hydrogen) atoms. The topological polar surface area (TPSA) is 56.8 Å². The maximum Gasteiger partial charge on any atom is 0.256 e. The molecule has 0 unspecified atom stereocenters. The lowest BCUT2D eigenvalue weighted by molar-refractivity contribution is -0.136. The van der Waals surface area contributed by atoms with Crippen molar-refractivity contribution in [1.29, 1.82) is 0 Å². The van der Waals surface area contributed by atoms with E-state index >= 15 is 0 Å². The van der Waals surface area contributed by atoms with Crippen LogP contribution in [0.2, 0.25) is 0 Å². The predicted octanol–water partition coefficient (Wildman–Crippen LogP) is 2.86. The monoisotopic (exact) mass is 295 g/mol. The first-order valence-electron chi connectivity index (χ1n) is 7.23. The van der Waals surface area contributed by atoms with Crippen LogP contribution in [0.4, 0.5) is 5.69 Å². The maximum atomic E-state index is 12.1. The summed E-state index contributed by atoms with van der Waals surface area (Å²) < 4.78 is 16.0. The minimum atomic E-state index is -0.813. The van der Waals surface area contributed by atoms with Gasteiger partial charge in [-0.25, -0.2) is 0 Å². The Kier molecular flexibility index (Phi) is 7.19. The van der Waals surface area contributed by atoms with Crippen LogP contribution >= 0.6 is 0 Å². The molecule has 1 amide bonds. The summed E-state index contributed by atoms with van der Waals surface area (Å²) in [4.78, 5) is 12.1. The average Bonchev–Trinajstić information content (AvgIpc) is 2.52. The number of rotatable bonds is 9. The number of ether oxygens (including phenoxy) is 3. The Morgan fingerprint density at radius 3 is 2.38 bits per heavy atom. The highest BCUT2D eigenvalue weighted by molar-refractivity contribution is 5.97. The van der Waals surface area contributed by atoms with Crippen molar-refractivity contribution in [2.45, 2.75) is 32.8 Å². The van der Waals surface area contributed by atoms with Gasteiger partial charge in [0.05, 0.1) is 6.61 Å². The molecule has 0 heterocycles. The summed E-state index contributed by atoms with van der Waals surface area (Å²) in [6.45, 7) is 7.40. The zero-order valence-corrected chi connectivity index (χ0v) is 13.3. The van der Waals surface area contributed by atoms with Crippen LogP contribution < -0.4 is 10.1 Å². The molecule has 0 bridgehead atoms. The summed E-state index contributed by atoms with van der Waals surface area (Å²) >= 11 is 0. The highest BCUT2D eigenvalue weighted by Gasteiger charge is 2.30. The van der Waals surface area contributed by atoms with Crippen molar-refractivity contribution < 1.29 is 19.0 Å². The van der Waals surface area contributed by atoms with Gasteiger partial charge in [0, 0.05) is 19.4 Å². The van der Waals surface area contributed by atoms with E-state index < -0.39 is 5.60 Å². The third kappa shape index (κ3) is 5.36. The van der Waals surface area contributed by atoms with Crippen LogP contribution in [0, 0.1) is 0 Å². The fourth-order valence-corrected chi connectivity index (χ4v) is 1.66. The van der Waals surface area contributed by atoms with Crippen LogP contribution in [-0.2, 0) is 14.3 Å². The van der Waals surface area contributed by atoms with Crippen molar-refractivity contribution in [1.82, 2.24) is 0 Å². The van der Waals surface area contributed by atoms with Crippen molar-refractivity contribution in [3.05, 3.63) is 24.3 Å². The zero-order valence-electron chi connectivity index (χ0n) is 13.3. The molecule has 0 aromatic heterocycles. The molecule has 1 aromatic rings. The Labute approximate surface area is 126 Å². The average molecular weight is 295 g/mol. The molecule has 0 saturated heterocycles. The lowest BCUT2D eigenvalue weighted by Gasteiger charge is -2.25. The highest BCUT2D eigenvalue weighted by Crippen LogP contribution is 2.20. The third-order valence-electron chi connectivity index (χ3n) is 3.42. The molecule has 0 radical (unpaired) electrons. The van der Waals surface area contributed by atoms with Gasteiger partial charge in [0.1, 0.15) is 18.0 Å². The van der Waals surface area contributed by atoms with Gasteiger partial charge >= 0.3 is 0 Å². The number of hydrogen-bond donors (Lipinski definition) is 1. The maximum absolute atomic E-state index is 12.1. The summed E-state index contributed by atoms with van der Waals surface area (Å²) in [7, 11) is 1.54. The van der Waals surface area contributed by atoms with Gasteiger partial charge in [-0.3, -0.25) is 4.79 Å². The van der Waals surface area contributed by atoms with Crippen molar-refractivity contribution in [3.8, 4) is 5.75 Å². The molecule has 0 fully saturated rings. The van der Waals surface area contributed by atoms with E-state index in [0.29, 0.717) is 31.9 Å². The normalized spacial score (nSPS) is 13.5. The van der Waals surface area contributed by atoms with Crippen LogP contribution in [0.1, 0.15) is 27.2 Å². The molecule has 0 saturated carbocycles. The minimum absolute atomic E-state index is 0.155. The van der Waals surface area contributed by atoms with Gasteiger partial charge in [0.2, 0.25) is 0 Å². The second-order valence-electron chi connectivity index (χ2n) is 4.81. The van der Waals surface area contributed by atoms with Gasteiger partial charge in [0.15, 0.2) is 0 Å². The molecule has 1 atom stereocenters. The van der Waals surface area contributed by atoms with Crippen molar-refractivity contribution in [3.63, 3.8) is 0 Å². The molecule has 5 heteroatoms. The Morgan fingerprint density at radius 2 is 1.86 bits per heavy atom. The first kappa shape index (κ1) is 17.5. The predicted molar refractivity (Wildman–Crippen MR) is 82.8 cm³/mol. The summed E-state index contributed by atoms with van der Waals surface area (Å²) in [6, 6.07) is 7.24. The number of anilines is 1. The Morgan fingerprint density at radius 1 is 1.19 bits per heavy atom. The van der Waals surface area contributed by atoms with E-state index in [1.54, 1.807) is 26.2 Å². The molecule has 118 valence electrons. The largest absolute Gasteiger partial charge is 0.491 e. The van der Waals surface area contributed by atoms with Gasteiger partial charge in [-0.1, -0.05) is 6.92 Å². The second-order valence-corrected chi connectivity index (χ2v) is 4.81. The van der Waals surface area contributed by atoms with E-state index in [4.69, 9.17) is 14.2 Å². The van der Waals surface area contributed by atoms with E-state index in [1.807, 2.05) is 26.0 Å². The molecule has 5 nitrogen and oxygen atoms in total. The molecule has 0 aliphatic heterocycles. The first-order chi connectivity index (χ1) is 10.1. The Balaban J connectivity index is 2.52. The number of nitrogens with one attached hydrogen (secondary N) is 1. The zero-order chi connectivity index (χ0) is 15.7. The van der Waals surface area contributed by atoms with E-state index in [9.17, 15) is 4.79 Å². The number of benzene rings is 1. The van der Waals surface area contributed by atoms with Crippen LogP contribution in [-0.4, -0.2) is 38.4 Å². The fraction of sp³-hybridized carbons (Fsp3) is 0.562. The number of carbonyl (C=O) groups is 1. The molecule has 0 aliphatic rings. The molecule has 1 rings (SSSR count). The summed E-state index contributed by atoms with van der Waals surface area (Å²) in [5.41, 5.74) is -0.0963. The quantitative estimate of drug-likeness (QED) is 0.712. The van der Waals surface area contributed by atoms with Crippen molar-refractivity contribution >= 4 is 11.6 Å². The summed E-state index contributed by atoms with van der Waals surface area (Å²) in [6.07, 6.45) is 0.605. The molecule has 1 aromatic carbocycles. The van der Waals surface area contributed by atoms with E-state index in [2.05, 4.69) is 5.32 Å². The van der Waals surface area contributed by atoms with Crippen LogP contribution in [0.25, 0.3) is 0 Å². The van der Waals surface area contributed by atoms with Crippen LogP contribution in [0.15, 0.2) is 24.3 Å². The minimum Gasteiger partial charge on any atom is -0.491 e. The number of carbonyl (C=O) groups excluding carboxylic acids is 1. The Hall–Kier alpha value is -1.59. The fourth-order valence-electron chi connectivity index (χ4n) is 1.66. The van der Waals surface area contributed by atoms with E-state index in [-0.39, 0.29) is 5.91 Å². The van der Waals surface area contributed by atoms with Crippen LogP contribution in [0.5, 0.6) is 5.75 Å². The van der Waals surface area contributed by atoms with Gasteiger partial charge in [-0.2, -0.15) is 0 Å². The Bertz CT molecular complexity index is 426. The summed E-state index contributed by atoms with van der Waals surface area (Å²) in [5.74, 6) is 0.593. The van der Waals surface area contributed by atoms with E-state index in [1.165, 1.54) is 0 Å². The second kappa shape index (κ2) is 8.64. The number of hydrogen-bond acceptors (Lipinski definition) is 4. The van der Waals surface area contributed by atoms with Gasteiger partial charge in [-0.05, 0) is 44.5 Å². The SMILES string of the molecule is CCOCCOc1ccc(NC(=O)[C@](C)(CC)OC)cc1. The van der Waals surface area contributed by atoms with E-state index in [0.717, 1.165) is 5.75 Å². The van der Waals surface area contributed by atoms with Crippen molar-refractivity contribution in [2.75, 3.05) is 32.2 Å². The number of amides is 1. The number of methoxy groups -OCH3 is 1. The molecule has 0 aliphatic carbocycles. The smallest absolute Gasteiger partial charge is 0.256 e. The van der Waals surface area contributed by atoms with Crippen LogP contribution in [0.3, 0.4) is 0 Å². The molecule has 0 spiro atoms. The van der Waals surface area contributed by atoms with Gasteiger partial charge < -0.3 is 19.5 Å². The molecular formula is C16H25NO4. The van der Waals surface area contributed by atoms with Gasteiger partial charge in [-0.15, -0.1) is 0 Å². The lowest BCUT2D eigenvalue weighted by atomic mass is 10.0. The third-order valence-corrected chi connectivity index (χ3v) is 3.42.